The Hall–Kier alpha value is -2.66. The number of anilines is 1. The summed E-state index contributed by atoms with van der Waals surface area (Å²) in [5.74, 6) is 0.546. The predicted octanol–water partition coefficient (Wildman–Crippen LogP) is 3.25. The summed E-state index contributed by atoms with van der Waals surface area (Å²) in [5.41, 5.74) is 1.66. The van der Waals surface area contributed by atoms with Crippen LogP contribution < -0.4 is 10.9 Å². The lowest BCUT2D eigenvalue weighted by Crippen LogP contribution is -2.21. The Kier molecular flexibility index (Phi) is 3.58. The molecule has 0 saturated heterocycles. The maximum Gasteiger partial charge on any atom is 0.261 e. The van der Waals surface area contributed by atoms with Gasteiger partial charge in [-0.3, -0.25) is 14.2 Å². The van der Waals surface area contributed by atoms with E-state index >= 15 is 0 Å². The minimum atomic E-state index is -0.248. The number of fused-ring (bicyclic) bond motifs is 2. The van der Waals surface area contributed by atoms with E-state index in [0.29, 0.717) is 27.2 Å². The Bertz CT molecular complexity index is 1010. The molecule has 2 aromatic carbocycles. The fourth-order valence-corrected chi connectivity index (χ4v) is 3.09. The highest BCUT2D eigenvalue weighted by Gasteiger charge is 2.17. The zero-order chi connectivity index (χ0) is 16.7. The normalized spacial score (nSPS) is 13.0. The van der Waals surface area contributed by atoms with E-state index in [4.69, 9.17) is 11.6 Å². The molecule has 1 aliphatic rings. The summed E-state index contributed by atoms with van der Waals surface area (Å²) in [5, 5.41) is 3.96. The molecule has 1 amide bonds. The molecular formula is C18H14ClN3O2. The molecule has 0 saturated carbocycles. The average Bonchev–Trinajstić information content (AvgIpc) is 3.05. The minimum Gasteiger partial charge on any atom is -0.322 e. The van der Waals surface area contributed by atoms with Gasteiger partial charge in [-0.2, -0.15) is 0 Å². The van der Waals surface area contributed by atoms with E-state index in [9.17, 15) is 9.59 Å². The van der Waals surface area contributed by atoms with Crippen molar-refractivity contribution in [3.05, 3.63) is 69.2 Å². The number of aryl methyl sites for hydroxylation is 1. The van der Waals surface area contributed by atoms with Crippen molar-refractivity contribution in [2.45, 2.75) is 19.4 Å². The quantitative estimate of drug-likeness (QED) is 0.779. The van der Waals surface area contributed by atoms with Gasteiger partial charge in [0.15, 0.2) is 0 Å². The number of rotatable bonds is 2. The molecule has 4 rings (SSSR count). The van der Waals surface area contributed by atoms with Crippen molar-refractivity contribution in [3.63, 3.8) is 0 Å². The second kappa shape index (κ2) is 5.76. The van der Waals surface area contributed by atoms with Gasteiger partial charge in [0.2, 0.25) is 0 Å². The molecular weight excluding hydrogens is 326 g/mol. The number of amides is 1. The van der Waals surface area contributed by atoms with Gasteiger partial charge < -0.3 is 5.32 Å². The molecule has 0 spiro atoms. The van der Waals surface area contributed by atoms with Crippen molar-refractivity contribution in [2.75, 3.05) is 5.32 Å². The third-order valence-corrected chi connectivity index (χ3v) is 4.43. The average molecular weight is 340 g/mol. The molecule has 1 N–H and O–H groups in total. The minimum absolute atomic E-state index is 0.0304. The van der Waals surface area contributed by atoms with Crippen molar-refractivity contribution < 1.29 is 4.79 Å². The number of hydrogen-bond acceptors (Lipinski definition) is 3. The molecule has 1 aliphatic heterocycles. The topological polar surface area (TPSA) is 64.0 Å². The lowest BCUT2D eigenvalue weighted by Gasteiger charge is -2.08. The maximum atomic E-state index is 12.4. The van der Waals surface area contributed by atoms with Crippen LogP contribution in [0.3, 0.4) is 0 Å². The number of carbonyl (C=O) groups excluding carboxylic acids is 1. The number of benzene rings is 2. The molecule has 6 heteroatoms. The Labute approximate surface area is 142 Å². The van der Waals surface area contributed by atoms with E-state index in [2.05, 4.69) is 10.3 Å². The SMILES string of the molecule is O=C(Nc1ccc(Cl)cc1)c1ccc2c(=O)n3c(nc2c1)CCC3. The molecule has 1 aromatic heterocycles. The smallest absolute Gasteiger partial charge is 0.261 e. The largest absolute Gasteiger partial charge is 0.322 e. The Morgan fingerprint density at radius 3 is 2.75 bits per heavy atom. The third-order valence-electron chi connectivity index (χ3n) is 4.18. The summed E-state index contributed by atoms with van der Waals surface area (Å²) < 4.78 is 1.72. The van der Waals surface area contributed by atoms with Gasteiger partial charge in [0, 0.05) is 29.2 Å². The number of hydrogen-bond donors (Lipinski definition) is 1. The van der Waals surface area contributed by atoms with Crippen molar-refractivity contribution in [2.24, 2.45) is 0 Å². The van der Waals surface area contributed by atoms with Crippen molar-refractivity contribution in [1.29, 1.82) is 0 Å². The van der Waals surface area contributed by atoms with Gasteiger partial charge in [-0.15, -0.1) is 0 Å². The van der Waals surface area contributed by atoms with Crippen LogP contribution in [0.5, 0.6) is 0 Å². The van der Waals surface area contributed by atoms with Gasteiger partial charge in [-0.05, 0) is 48.9 Å². The first-order valence-corrected chi connectivity index (χ1v) is 8.10. The summed E-state index contributed by atoms with van der Waals surface area (Å²) in [6.07, 6.45) is 1.73. The van der Waals surface area contributed by atoms with E-state index in [0.717, 1.165) is 25.2 Å². The highest BCUT2D eigenvalue weighted by Crippen LogP contribution is 2.18. The zero-order valence-electron chi connectivity index (χ0n) is 12.8. The maximum absolute atomic E-state index is 12.4. The van der Waals surface area contributed by atoms with Gasteiger partial charge in [-0.1, -0.05) is 11.6 Å². The van der Waals surface area contributed by atoms with Crippen LogP contribution >= 0.6 is 11.6 Å². The number of carbonyl (C=O) groups is 1. The second-order valence-electron chi connectivity index (χ2n) is 5.78. The zero-order valence-corrected chi connectivity index (χ0v) is 13.5. The summed E-state index contributed by atoms with van der Waals surface area (Å²) >= 11 is 5.84. The lowest BCUT2D eigenvalue weighted by atomic mass is 10.1. The number of nitrogens with one attached hydrogen (secondary N) is 1. The second-order valence-corrected chi connectivity index (χ2v) is 6.22. The first-order valence-electron chi connectivity index (χ1n) is 7.72. The van der Waals surface area contributed by atoms with Crippen LogP contribution in [-0.2, 0) is 13.0 Å². The first kappa shape index (κ1) is 14.9. The summed E-state index contributed by atoms with van der Waals surface area (Å²) in [4.78, 5) is 29.4. The van der Waals surface area contributed by atoms with E-state index in [1.807, 2.05) is 0 Å². The van der Waals surface area contributed by atoms with Crippen molar-refractivity contribution in [1.82, 2.24) is 9.55 Å². The lowest BCUT2D eigenvalue weighted by molar-refractivity contribution is 0.102. The Balaban J connectivity index is 1.69. The van der Waals surface area contributed by atoms with Gasteiger partial charge in [0.1, 0.15) is 5.82 Å². The highest BCUT2D eigenvalue weighted by atomic mass is 35.5. The molecule has 24 heavy (non-hydrogen) atoms. The molecule has 0 fully saturated rings. The highest BCUT2D eigenvalue weighted by molar-refractivity contribution is 6.30. The fourth-order valence-electron chi connectivity index (χ4n) is 2.96. The molecule has 120 valence electrons. The third kappa shape index (κ3) is 2.57. The Morgan fingerprint density at radius 1 is 1.17 bits per heavy atom. The molecule has 0 atom stereocenters. The molecule has 0 unspecified atom stereocenters. The van der Waals surface area contributed by atoms with Gasteiger partial charge in [0.25, 0.3) is 11.5 Å². The van der Waals surface area contributed by atoms with Gasteiger partial charge >= 0.3 is 0 Å². The molecule has 0 radical (unpaired) electrons. The molecule has 0 aliphatic carbocycles. The summed E-state index contributed by atoms with van der Waals surface area (Å²) in [6.45, 7) is 0.718. The van der Waals surface area contributed by atoms with Crippen LogP contribution in [-0.4, -0.2) is 15.5 Å². The Morgan fingerprint density at radius 2 is 1.96 bits per heavy atom. The summed E-state index contributed by atoms with van der Waals surface area (Å²) in [7, 11) is 0. The van der Waals surface area contributed by atoms with Crippen molar-refractivity contribution in [3.8, 4) is 0 Å². The fraction of sp³-hybridized carbons (Fsp3) is 0.167. The van der Waals surface area contributed by atoms with Crippen LogP contribution in [0.15, 0.2) is 47.3 Å². The number of nitrogens with zero attached hydrogens (tertiary/aromatic N) is 2. The van der Waals surface area contributed by atoms with Crippen LogP contribution in [0.4, 0.5) is 5.69 Å². The molecule has 5 nitrogen and oxygen atoms in total. The van der Waals surface area contributed by atoms with E-state index in [1.54, 1.807) is 47.0 Å². The molecule has 2 heterocycles. The standard InChI is InChI=1S/C18H14ClN3O2/c19-12-4-6-13(7-5-12)20-17(23)11-3-8-14-15(10-11)21-16-2-1-9-22(16)18(14)24/h3-8,10H,1-2,9H2,(H,20,23). The van der Waals surface area contributed by atoms with E-state index in [1.165, 1.54) is 0 Å². The monoisotopic (exact) mass is 339 g/mol. The predicted molar refractivity (Wildman–Crippen MR) is 93.7 cm³/mol. The molecule has 0 bridgehead atoms. The van der Waals surface area contributed by atoms with Crippen LogP contribution in [0.25, 0.3) is 10.9 Å². The number of aromatic nitrogens is 2. The van der Waals surface area contributed by atoms with Crippen LogP contribution in [0, 0.1) is 0 Å². The van der Waals surface area contributed by atoms with Crippen LogP contribution in [0.2, 0.25) is 5.02 Å². The summed E-state index contributed by atoms with van der Waals surface area (Å²) in [6, 6.07) is 11.9. The van der Waals surface area contributed by atoms with E-state index in [-0.39, 0.29) is 11.5 Å². The van der Waals surface area contributed by atoms with E-state index < -0.39 is 0 Å². The van der Waals surface area contributed by atoms with Crippen molar-refractivity contribution >= 4 is 34.1 Å². The first-order chi connectivity index (χ1) is 11.6. The van der Waals surface area contributed by atoms with Gasteiger partial charge in [-0.25, -0.2) is 4.98 Å². The molecule has 3 aromatic rings. The number of halogens is 1. The van der Waals surface area contributed by atoms with Crippen LogP contribution in [0.1, 0.15) is 22.6 Å². The van der Waals surface area contributed by atoms with Gasteiger partial charge in [0.05, 0.1) is 10.9 Å².